The van der Waals surface area contributed by atoms with Crippen LogP contribution < -0.4 is 5.73 Å². The summed E-state index contributed by atoms with van der Waals surface area (Å²) in [6.07, 6.45) is 0. The van der Waals surface area contributed by atoms with Crippen molar-refractivity contribution in [1.82, 2.24) is 0 Å². The van der Waals surface area contributed by atoms with Gasteiger partial charge in [-0.25, -0.2) is 8.78 Å². The van der Waals surface area contributed by atoms with Crippen molar-refractivity contribution in [3.05, 3.63) is 46.3 Å². The zero-order chi connectivity index (χ0) is 14.2. The zero-order valence-electron chi connectivity index (χ0n) is 11.2. The average molecular weight is 281 g/mol. The molecule has 0 aliphatic heterocycles. The Labute approximate surface area is 116 Å². The number of nitrogens with two attached hydrogens (primary N) is 1. The van der Waals surface area contributed by atoms with E-state index in [4.69, 9.17) is 5.73 Å². The molecule has 1 heterocycles. The third-order valence-corrected chi connectivity index (χ3v) is 4.41. The maximum Gasteiger partial charge on any atom is 0.137 e. The van der Waals surface area contributed by atoms with Gasteiger partial charge in [0.05, 0.1) is 5.56 Å². The van der Waals surface area contributed by atoms with Crippen LogP contribution in [-0.2, 0) is 0 Å². The molecule has 0 spiro atoms. The number of benzene rings is 1. The predicted octanol–water partition coefficient (Wildman–Crippen LogP) is 4.66. The lowest BCUT2D eigenvalue weighted by Crippen LogP contribution is -2.14. The fourth-order valence-corrected chi connectivity index (χ4v) is 3.10. The molecule has 0 aliphatic rings. The van der Waals surface area contributed by atoms with E-state index in [-0.39, 0.29) is 11.6 Å². The number of hydrogen-bond acceptors (Lipinski definition) is 2. The van der Waals surface area contributed by atoms with Crippen molar-refractivity contribution in [3.63, 3.8) is 0 Å². The van der Waals surface area contributed by atoms with Crippen LogP contribution in [0.25, 0.3) is 10.4 Å². The van der Waals surface area contributed by atoms with Gasteiger partial charge in [-0.1, -0.05) is 19.9 Å². The summed E-state index contributed by atoms with van der Waals surface area (Å²) in [6, 6.07) is 6.24. The largest absolute Gasteiger partial charge is 0.323 e. The van der Waals surface area contributed by atoms with E-state index in [1.165, 1.54) is 23.5 Å². The third kappa shape index (κ3) is 2.69. The molecule has 0 aliphatic carbocycles. The molecule has 0 fully saturated rings. The highest BCUT2D eigenvalue weighted by molar-refractivity contribution is 7.15. The van der Waals surface area contributed by atoms with Crippen LogP contribution in [0, 0.1) is 24.5 Å². The first-order valence-corrected chi connectivity index (χ1v) is 7.03. The molecule has 19 heavy (non-hydrogen) atoms. The van der Waals surface area contributed by atoms with Gasteiger partial charge >= 0.3 is 0 Å². The first kappa shape index (κ1) is 14.2. The standard InChI is InChI=1S/C15H17F2NS/c1-8(2)15(18)12-7-6-11(19-12)13-10(16)5-4-9(3)14(13)17/h4-8,15H,18H2,1-3H3. The second-order valence-corrected chi connectivity index (χ2v) is 6.14. The molecule has 0 saturated carbocycles. The Morgan fingerprint density at radius 1 is 1.11 bits per heavy atom. The fraction of sp³-hybridized carbons (Fsp3) is 0.333. The molecule has 1 atom stereocenters. The number of thiophene rings is 1. The van der Waals surface area contributed by atoms with E-state index in [2.05, 4.69) is 0 Å². The molecular formula is C15H17F2NS. The van der Waals surface area contributed by atoms with Gasteiger partial charge in [0.15, 0.2) is 0 Å². The SMILES string of the molecule is Cc1ccc(F)c(-c2ccc(C(N)C(C)C)s2)c1F. The van der Waals surface area contributed by atoms with Gasteiger partial charge in [0.1, 0.15) is 11.6 Å². The summed E-state index contributed by atoms with van der Waals surface area (Å²) in [5, 5.41) is 0. The second kappa shape index (κ2) is 5.39. The normalized spacial score (nSPS) is 13.0. The number of halogens is 2. The summed E-state index contributed by atoms with van der Waals surface area (Å²) in [7, 11) is 0. The molecule has 4 heteroatoms. The lowest BCUT2D eigenvalue weighted by molar-refractivity contribution is 0.521. The van der Waals surface area contributed by atoms with Crippen LogP contribution in [-0.4, -0.2) is 0 Å². The molecule has 0 bridgehead atoms. The van der Waals surface area contributed by atoms with Gasteiger partial charge in [-0.15, -0.1) is 11.3 Å². The molecule has 102 valence electrons. The summed E-state index contributed by atoms with van der Waals surface area (Å²) in [5.41, 5.74) is 6.55. The highest BCUT2D eigenvalue weighted by atomic mass is 32.1. The van der Waals surface area contributed by atoms with Crippen molar-refractivity contribution in [2.24, 2.45) is 11.7 Å². The third-order valence-electron chi connectivity index (χ3n) is 3.20. The molecule has 1 aromatic heterocycles. The van der Waals surface area contributed by atoms with Crippen LogP contribution in [0.4, 0.5) is 8.78 Å². The predicted molar refractivity (Wildman–Crippen MR) is 76.2 cm³/mol. The quantitative estimate of drug-likeness (QED) is 0.870. The summed E-state index contributed by atoms with van der Waals surface area (Å²) < 4.78 is 27.9. The topological polar surface area (TPSA) is 26.0 Å². The molecule has 0 radical (unpaired) electrons. The Kier molecular flexibility index (Phi) is 4.02. The molecule has 2 aromatic rings. The van der Waals surface area contributed by atoms with Crippen molar-refractivity contribution in [2.45, 2.75) is 26.8 Å². The van der Waals surface area contributed by atoms with Gasteiger partial charge in [-0.3, -0.25) is 0 Å². The van der Waals surface area contributed by atoms with Crippen molar-refractivity contribution in [1.29, 1.82) is 0 Å². The number of rotatable bonds is 3. The van der Waals surface area contributed by atoms with Gasteiger partial charge in [0.25, 0.3) is 0 Å². The Balaban J connectivity index is 2.47. The zero-order valence-corrected chi connectivity index (χ0v) is 12.0. The lowest BCUT2D eigenvalue weighted by Gasteiger charge is -2.13. The van der Waals surface area contributed by atoms with Crippen LogP contribution in [0.3, 0.4) is 0 Å². The van der Waals surface area contributed by atoms with E-state index >= 15 is 0 Å². The minimum atomic E-state index is -0.533. The molecule has 0 saturated heterocycles. The Morgan fingerprint density at radius 2 is 1.79 bits per heavy atom. The monoisotopic (exact) mass is 281 g/mol. The van der Waals surface area contributed by atoms with Gasteiger partial charge in [-0.05, 0) is 36.6 Å². The first-order valence-electron chi connectivity index (χ1n) is 6.22. The molecule has 0 amide bonds. The van der Waals surface area contributed by atoms with Crippen LogP contribution in [0.2, 0.25) is 0 Å². The van der Waals surface area contributed by atoms with E-state index in [9.17, 15) is 8.78 Å². The fourth-order valence-electron chi connectivity index (χ4n) is 1.88. The Morgan fingerprint density at radius 3 is 2.42 bits per heavy atom. The maximum absolute atomic E-state index is 14.1. The van der Waals surface area contributed by atoms with Gasteiger partial charge in [0, 0.05) is 15.8 Å². The molecule has 2 N–H and O–H groups in total. The summed E-state index contributed by atoms with van der Waals surface area (Å²) >= 11 is 1.35. The molecular weight excluding hydrogens is 264 g/mol. The molecule has 1 unspecified atom stereocenters. The van der Waals surface area contributed by atoms with Crippen molar-refractivity contribution < 1.29 is 8.78 Å². The van der Waals surface area contributed by atoms with E-state index < -0.39 is 11.6 Å². The van der Waals surface area contributed by atoms with E-state index in [0.29, 0.717) is 16.4 Å². The Bertz CT molecular complexity index is 590. The van der Waals surface area contributed by atoms with Crippen LogP contribution in [0.1, 0.15) is 30.3 Å². The minimum absolute atomic E-state index is 0.0483. The summed E-state index contributed by atoms with van der Waals surface area (Å²) in [4.78, 5) is 1.54. The highest BCUT2D eigenvalue weighted by Crippen LogP contribution is 2.36. The van der Waals surface area contributed by atoms with Gasteiger partial charge in [0.2, 0.25) is 0 Å². The minimum Gasteiger partial charge on any atom is -0.323 e. The summed E-state index contributed by atoms with van der Waals surface area (Å²) in [5.74, 6) is -0.736. The van der Waals surface area contributed by atoms with Crippen molar-refractivity contribution >= 4 is 11.3 Å². The molecule has 1 nitrogen and oxygen atoms in total. The highest BCUT2D eigenvalue weighted by Gasteiger charge is 2.18. The first-order chi connectivity index (χ1) is 8.91. The average Bonchev–Trinajstić information content (AvgIpc) is 2.82. The second-order valence-electron chi connectivity index (χ2n) is 5.03. The smallest absolute Gasteiger partial charge is 0.137 e. The summed E-state index contributed by atoms with van der Waals surface area (Å²) in [6.45, 7) is 5.68. The number of hydrogen-bond donors (Lipinski definition) is 1. The number of aryl methyl sites for hydroxylation is 1. The van der Waals surface area contributed by atoms with Gasteiger partial charge < -0.3 is 5.73 Å². The Hall–Kier alpha value is -1.26. The van der Waals surface area contributed by atoms with E-state index in [1.54, 1.807) is 13.0 Å². The van der Waals surface area contributed by atoms with Crippen LogP contribution >= 0.6 is 11.3 Å². The lowest BCUT2D eigenvalue weighted by atomic mass is 10.0. The van der Waals surface area contributed by atoms with Crippen molar-refractivity contribution in [2.75, 3.05) is 0 Å². The maximum atomic E-state index is 14.1. The van der Waals surface area contributed by atoms with Crippen molar-refractivity contribution in [3.8, 4) is 10.4 Å². The molecule has 1 aromatic carbocycles. The van der Waals surface area contributed by atoms with E-state index in [0.717, 1.165) is 4.88 Å². The van der Waals surface area contributed by atoms with Gasteiger partial charge in [-0.2, -0.15) is 0 Å². The van der Waals surface area contributed by atoms with E-state index in [1.807, 2.05) is 19.9 Å². The van der Waals surface area contributed by atoms with Crippen LogP contribution in [0.15, 0.2) is 24.3 Å². The van der Waals surface area contributed by atoms with Crippen LogP contribution in [0.5, 0.6) is 0 Å². The molecule has 2 rings (SSSR count).